The zero-order valence-corrected chi connectivity index (χ0v) is 12.3. The van der Waals surface area contributed by atoms with Crippen molar-refractivity contribution in [3.8, 4) is 0 Å². The molecule has 0 aliphatic heterocycles. The van der Waals surface area contributed by atoms with E-state index in [2.05, 4.69) is 12.1 Å². The lowest BCUT2D eigenvalue weighted by Gasteiger charge is -2.21. The fourth-order valence-electron chi connectivity index (χ4n) is 1.64. The van der Waals surface area contributed by atoms with E-state index in [1.54, 1.807) is 11.8 Å². The maximum absolute atomic E-state index is 11.8. The number of carbonyl (C=O) groups excluding carboxylic acids is 1. The van der Waals surface area contributed by atoms with E-state index in [1.165, 1.54) is 5.56 Å². The van der Waals surface area contributed by atoms with E-state index in [4.69, 9.17) is 5.73 Å². The van der Waals surface area contributed by atoms with Crippen LogP contribution >= 0.6 is 24.2 Å². The van der Waals surface area contributed by atoms with Crippen LogP contribution in [0.2, 0.25) is 0 Å². The molecule has 5 heteroatoms. The second-order valence-corrected chi connectivity index (χ2v) is 4.70. The van der Waals surface area contributed by atoms with Gasteiger partial charge in [-0.25, -0.2) is 0 Å². The number of amides is 1. The summed E-state index contributed by atoms with van der Waals surface area (Å²) in [5.74, 6) is 0.716. The van der Waals surface area contributed by atoms with E-state index < -0.39 is 0 Å². The van der Waals surface area contributed by atoms with Gasteiger partial charge in [0.15, 0.2) is 0 Å². The van der Waals surface area contributed by atoms with Crippen LogP contribution in [0.1, 0.15) is 5.56 Å². The van der Waals surface area contributed by atoms with E-state index >= 15 is 0 Å². The van der Waals surface area contributed by atoms with Crippen molar-refractivity contribution in [3.63, 3.8) is 0 Å². The molecule has 0 heterocycles. The van der Waals surface area contributed by atoms with Gasteiger partial charge < -0.3 is 10.6 Å². The Hall–Kier alpha value is -0.710. The Morgan fingerprint density at radius 2 is 1.94 bits per heavy atom. The van der Waals surface area contributed by atoms with Gasteiger partial charge in [0.05, 0.1) is 5.75 Å². The molecule has 0 fully saturated rings. The standard InChI is InChI=1S/C13H20N2OS.ClH/c1-17-11-13(16)15(10-8-14)9-7-12-5-3-2-4-6-12;/h2-6H,7-11,14H2,1H3;1H. The van der Waals surface area contributed by atoms with E-state index in [0.29, 0.717) is 18.8 Å². The second-order valence-electron chi connectivity index (χ2n) is 3.84. The maximum Gasteiger partial charge on any atom is 0.232 e. The molecule has 0 unspecified atom stereocenters. The first-order valence-electron chi connectivity index (χ1n) is 5.78. The summed E-state index contributed by atoms with van der Waals surface area (Å²) < 4.78 is 0. The molecule has 1 amide bonds. The van der Waals surface area contributed by atoms with E-state index in [-0.39, 0.29) is 18.3 Å². The van der Waals surface area contributed by atoms with Gasteiger partial charge in [0.1, 0.15) is 0 Å². The summed E-state index contributed by atoms with van der Waals surface area (Å²) in [6.45, 7) is 1.92. The number of benzene rings is 1. The highest BCUT2D eigenvalue weighted by Crippen LogP contribution is 2.03. The number of hydrogen-bond donors (Lipinski definition) is 1. The molecule has 0 spiro atoms. The quantitative estimate of drug-likeness (QED) is 0.832. The Balaban J connectivity index is 0.00000289. The average molecular weight is 289 g/mol. The van der Waals surface area contributed by atoms with Gasteiger partial charge in [-0.2, -0.15) is 11.8 Å². The van der Waals surface area contributed by atoms with Crippen molar-refractivity contribution in [2.24, 2.45) is 5.73 Å². The lowest BCUT2D eigenvalue weighted by molar-refractivity contribution is -0.128. The smallest absolute Gasteiger partial charge is 0.232 e. The fourth-order valence-corrected chi connectivity index (χ4v) is 2.07. The van der Waals surface area contributed by atoms with Crippen LogP contribution in [-0.2, 0) is 11.2 Å². The third-order valence-corrected chi connectivity index (χ3v) is 3.07. The summed E-state index contributed by atoms with van der Waals surface area (Å²) in [4.78, 5) is 13.7. The van der Waals surface area contributed by atoms with E-state index in [1.807, 2.05) is 29.4 Å². The van der Waals surface area contributed by atoms with Crippen LogP contribution in [0.5, 0.6) is 0 Å². The Morgan fingerprint density at radius 3 is 2.50 bits per heavy atom. The van der Waals surface area contributed by atoms with Crippen LogP contribution in [0.3, 0.4) is 0 Å². The lowest BCUT2D eigenvalue weighted by atomic mass is 10.1. The van der Waals surface area contributed by atoms with Gasteiger partial charge in [-0.1, -0.05) is 30.3 Å². The van der Waals surface area contributed by atoms with Crippen molar-refractivity contribution in [2.45, 2.75) is 6.42 Å². The van der Waals surface area contributed by atoms with Crippen molar-refractivity contribution in [2.75, 3.05) is 31.6 Å². The second kappa shape index (κ2) is 10.2. The number of carbonyl (C=O) groups is 1. The predicted molar refractivity (Wildman–Crippen MR) is 81.4 cm³/mol. The van der Waals surface area contributed by atoms with E-state index in [0.717, 1.165) is 13.0 Å². The van der Waals surface area contributed by atoms with Gasteiger partial charge in [0, 0.05) is 19.6 Å². The lowest BCUT2D eigenvalue weighted by Crippen LogP contribution is -2.38. The van der Waals surface area contributed by atoms with Crippen molar-refractivity contribution >= 4 is 30.1 Å². The summed E-state index contributed by atoms with van der Waals surface area (Å²) in [6, 6.07) is 10.2. The molecule has 0 radical (unpaired) electrons. The third kappa shape index (κ3) is 6.28. The highest BCUT2D eigenvalue weighted by Gasteiger charge is 2.11. The summed E-state index contributed by atoms with van der Waals surface area (Å²) in [6.07, 6.45) is 2.83. The maximum atomic E-state index is 11.8. The third-order valence-electron chi connectivity index (χ3n) is 2.53. The number of nitrogens with two attached hydrogens (primary N) is 1. The van der Waals surface area contributed by atoms with Gasteiger partial charge in [-0.05, 0) is 18.2 Å². The van der Waals surface area contributed by atoms with Crippen molar-refractivity contribution in [1.82, 2.24) is 4.90 Å². The zero-order valence-electron chi connectivity index (χ0n) is 10.7. The molecule has 102 valence electrons. The Labute approximate surface area is 120 Å². The number of hydrogen-bond acceptors (Lipinski definition) is 3. The Morgan fingerprint density at radius 1 is 1.28 bits per heavy atom. The van der Waals surface area contributed by atoms with Crippen molar-refractivity contribution < 1.29 is 4.79 Å². The molecule has 18 heavy (non-hydrogen) atoms. The van der Waals surface area contributed by atoms with Crippen LogP contribution in [-0.4, -0.2) is 42.4 Å². The molecular formula is C13H21ClN2OS. The first kappa shape index (κ1) is 17.3. The minimum atomic E-state index is 0. The predicted octanol–water partition coefficient (Wildman–Crippen LogP) is 1.80. The Bertz CT molecular complexity index is 335. The van der Waals surface area contributed by atoms with E-state index in [9.17, 15) is 4.79 Å². The first-order chi connectivity index (χ1) is 8.27. The minimum absolute atomic E-state index is 0. The van der Waals surface area contributed by atoms with Gasteiger partial charge >= 0.3 is 0 Å². The molecule has 0 aliphatic carbocycles. The Kier molecular flexibility index (Phi) is 9.83. The SMILES string of the molecule is CSCC(=O)N(CCN)CCc1ccccc1.Cl. The molecule has 1 rings (SSSR count). The summed E-state index contributed by atoms with van der Waals surface area (Å²) in [7, 11) is 0. The molecule has 1 aromatic carbocycles. The molecule has 0 atom stereocenters. The molecule has 2 N–H and O–H groups in total. The van der Waals surface area contributed by atoms with Gasteiger partial charge in [-0.3, -0.25) is 4.79 Å². The molecule has 0 saturated heterocycles. The fraction of sp³-hybridized carbons (Fsp3) is 0.462. The number of rotatable bonds is 7. The van der Waals surface area contributed by atoms with Crippen LogP contribution in [0.15, 0.2) is 30.3 Å². The van der Waals surface area contributed by atoms with Crippen LogP contribution in [0.25, 0.3) is 0 Å². The number of thioether (sulfide) groups is 1. The number of nitrogens with zero attached hydrogens (tertiary/aromatic N) is 1. The molecule has 0 bridgehead atoms. The normalized spacial score (nSPS) is 9.67. The van der Waals surface area contributed by atoms with Gasteiger partial charge in [-0.15, -0.1) is 12.4 Å². The summed E-state index contributed by atoms with van der Waals surface area (Å²) >= 11 is 1.55. The summed E-state index contributed by atoms with van der Waals surface area (Å²) in [5, 5.41) is 0. The first-order valence-corrected chi connectivity index (χ1v) is 7.18. The van der Waals surface area contributed by atoms with Crippen LogP contribution < -0.4 is 5.73 Å². The largest absolute Gasteiger partial charge is 0.340 e. The molecule has 0 aromatic heterocycles. The van der Waals surface area contributed by atoms with Gasteiger partial charge in [0.2, 0.25) is 5.91 Å². The molecule has 3 nitrogen and oxygen atoms in total. The minimum Gasteiger partial charge on any atom is -0.340 e. The molecule has 0 aliphatic rings. The van der Waals surface area contributed by atoms with Crippen molar-refractivity contribution in [3.05, 3.63) is 35.9 Å². The van der Waals surface area contributed by atoms with Crippen LogP contribution in [0.4, 0.5) is 0 Å². The van der Waals surface area contributed by atoms with Crippen molar-refractivity contribution in [1.29, 1.82) is 0 Å². The number of halogens is 1. The van der Waals surface area contributed by atoms with Crippen LogP contribution in [0, 0.1) is 0 Å². The zero-order chi connectivity index (χ0) is 12.5. The highest BCUT2D eigenvalue weighted by atomic mass is 35.5. The highest BCUT2D eigenvalue weighted by molar-refractivity contribution is 7.99. The molecule has 0 saturated carbocycles. The molecule has 1 aromatic rings. The molecular weight excluding hydrogens is 268 g/mol. The topological polar surface area (TPSA) is 46.3 Å². The van der Waals surface area contributed by atoms with Gasteiger partial charge in [0.25, 0.3) is 0 Å². The average Bonchev–Trinajstić information content (AvgIpc) is 2.36. The monoisotopic (exact) mass is 288 g/mol. The summed E-state index contributed by atoms with van der Waals surface area (Å²) in [5.41, 5.74) is 6.79.